The number of H-pyrrole nitrogens is 2. The molecular weight excluding hydrogens is 557 g/mol. The summed E-state index contributed by atoms with van der Waals surface area (Å²) in [5, 5.41) is 22.6. The molecule has 0 unspecified atom stereocenters. The molecule has 0 saturated heterocycles. The fourth-order valence-corrected chi connectivity index (χ4v) is 4.72. The van der Waals surface area contributed by atoms with Crippen molar-refractivity contribution < 1.29 is 19.8 Å². The minimum Gasteiger partial charge on any atom is -0.545 e. The van der Waals surface area contributed by atoms with Crippen LogP contribution in [0.3, 0.4) is 0 Å². The second kappa shape index (κ2) is 13.8. The summed E-state index contributed by atoms with van der Waals surface area (Å²) < 4.78 is 0. The van der Waals surface area contributed by atoms with Crippen molar-refractivity contribution in [3.05, 3.63) is 163 Å². The Labute approximate surface area is 261 Å². The summed E-state index contributed by atoms with van der Waals surface area (Å²) in [5.74, 6) is -2.93. The minimum absolute atomic E-state index is 0. The Morgan fingerprint density at radius 1 is 0.535 bits per heavy atom. The van der Waals surface area contributed by atoms with E-state index in [0.717, 1.165) is 22.3 Å². The van der Waals surface area contributed by atoms with E-state index < -0.39 is 22.8 Å². The molecule has 2 aromatic heterocycles. The van der Waals surface area contributed by atoms with E-state index in [0.29, 0.717) is 34.6 Å². The molecule has 43 heavy (non-hydrogen) atoms. The number of carbonyl (C=O) groups is 2. The first-order valence-corrected chi connectivity index (χ1v) is 13.1. The number of carbonyl (C=O) groups excluding carboxylic acids is 2. The van der Waals surface area contributed by atoms with E-state index in [2.05, 4.69) is 9.97 Å². The third-order valence-electron chi connectivity index (χ3n) is 6.83. The minimum atomic E-state index is -1.47. The number of aromatic nitrogens is 2. The van der Waals surface area contributed by atoms with E-state index in [1.165, 1.54) is 12.4 Å². The second-order valence-corrected chi connectivity index (χ2v) is 9.72. The maximum Gasteiger partial charge on any atom is 2.00 e. The Morgan fingerprint density at radius 3 is 1.26 bits per heavy atom. The molecule has 2 N–H and O–H groups in total. The number of carboxylic acid groups (broad SMARTS) is 2. The van der Waals surface area contributed by atoms with E-state index in [1.54, 1.807) is 24.3 Å². The fourth-order valence-electron chi connectivity index (χ4n) is 4.72. The maximum absolute atomic E-state index is 12.1. The van der Waals surface area contributed by atoms with Gasteiger partial charge in [-0.15, -0.1) is 0 Å². The largest absolute Gasteiger partial charge is 2.00 e. The van der Waals surface area contributed by atoms with Crippen LogP contribution in [0.15, 0.2) is 119 Å². The van der Waals surface area contributed by atoms with Crippen LogP contribution >= 0.6 is 0 Å². The Kier molecular flexibility index (Phi) is 9.92. The predicted octanol–water partition coefficient (Wildman–Crippen LogP) is 2.58. The third-order valence-corrected chi connectivity index (χ3v) is 6.83. The van der Waals surface area contributed by atoms with Gasteiger partial charge in [-0.3, -0.25) is 9.59 Å². The SMILES string of the molecule is O=C([O-])c1c[nH]c2ccc(Cc3ccccc3)cc2c1=O.O=C([O-])c1c[nH]c2ccc(Cc3ccccc3)cc2c1=O.[Mg+2]. The van der Waals surface area contributed by atoms with Crippen LogP contribution in [0.1, 0.15) is 43.0 Å². The summed E-state index contributed by atoms with van der Waals surface area (Å²) in [7, 11) is 0. The van der Waals surface area contributed by atoms with Crippen LogP contribution in [0.4, 0.5) is 0 Å². The van der Waals surface area contributed by atoms with Crippen LogP contribution in [-0.2, 0) is 12.8 Å². The number of aromatic amines is 2. The van der Waals surface area contributed by atoms with E-state index in [9.17, 15) is 29.4 Å². The molecule has 8 nitrogen and oxygen atoms in total. The number of hydrogen-bond donors (Lipinski definition) is 2. The van der Waals surface area contributed by atoms with E-state index in [4.69, 9.17) is 0 Å². The number of carboxylic acids is 2. The Bertz CT molecular complexity index is 1890. The number of hydrogen-bond acceptors (Lipinski definition) is 6. The first-order valence-electron chi connectivity index (χ1n) is 13.1. The summed E-state index contributed by atoms with van der Waals surface area (Å²) in [4.78, 5) is 51.7. The Balaban J connectivity index is 0.000000192. The van der Waals surface area contributed by atoms with Gasteiger partial charge in [-0.1, -0.05) is 72.8 Å². The number of pyridine rings is 2. The van der Waals surface area contributed by atoms with Gasteiger partial charge < -0.3 is 29.8 Å². The number of nitrogens with one attached hydrogen (secondary N) is 2. The van der Waals surface area contributed by atoms with Crippen molar-refractivity contribution >= 4 is 56.8 Å². The summed E-state index contributed by atoms with van der Waals surface area (Å²) in [5.41, 5.74) is 3.66. The molecule has 0 aliphatic rings. The number of fused-ring (bicyclic) bond motifs is 2. The quantitative estimate of drug-likeness (QED) is 0.290. The predicted molar refractivity (Wildman–Crippen MR) is 162 cm³/mol. The van der Waals surface area contributed by atoms with Crippen molar-refractivity contribution in [2.45, 2.75) is 12.8 Å². The zero-order chi connectivity index (χ0) is 29.6. The van der Waals surface area contributed by atoms with Crippen molar-refractivity contribution in [2.24, 2.45) is 0 Å². The van der Waals surface area contributed by atoms with Crippen molar-refractivity contribution in [3.63, 3.8) is 0 Å². The van der Waals surface area contributed by atoms with Gasteiger partial charge in [0.2, 0.25) is 0 Å². The number of aromatic carboxylic acids is 2. The third kappa shape index (κ3) is 7.27. The van der Waals surface area contributed by atoms with Crippen LogP contribution in [0, 0.1) is 0 Å². The van der Waals surface area contributed by atoms with Gasteiger partial charge in [0, 0.05) is 34.2 Å². The average Bonchev–Trinajstić information content (AvgIpc) is 2.99. The molecule has 0 saturated carbocycles. The summed E-state index contributed by atoms with van der Waals surface area (Å²) >= 11 is 0. The molecule has 6 aromatic rings. The van der Waals surface area contributed by atoms with Gasteiger partial charge in [0.1, 0.15) is 0 Å². The van der Waals surface area contributed by atoms with Gasteiger partial charge in [0.05, 0.1) is 23.1 Å². The average molecular weight is 581 g/mol. The van der Waals surface area contributed by atoms with Crippen molar-refractivity contribution in [2.75, 3.05) is 0 Å². The molecule has 6 rings (SSSR count). The van der Waals surface area contributed by atoms with Crippen LogP contribution in [0.2, 0.25) is 0 Å². The zero-order valence-electron chi connectivity index (χ0n) is 23.0. The molecule has 0 aliphatic heterocycles. The van der Waals surface area contributed by atoms with Crippen LogP contribution < -0.4 is 21.1 Å². The first-order chi connectivity index (χ1) is 20.3. The van der Waals surface area contributed by atoms with Crippen LogP contribution in [-0.4, -0.2) is 45.0 Å². The normalized spacial score (nSPS) is 10.4. The van der Waals surface area contributed by atoms with Crippen LogP contribution in [0.5, 0.6) is 0 Å². The zero-order valence-corrected chi connectivity index (χ0v) is 24.4. The van der Waals surface area contributed by atoms with Gasteiger partial charge >= 0.3 is 23.1 Å². The molecule has 0 amide bonds. The molecule has 4 aromatic carbocycles. The molecule has 0 fully saturated rings. The number of benzene rings is 4. The molecule has 2 heterocycles. The van der Waals surface area contributed by atoms with Crippen molar-refractivity contribution in [1.29, 1.82) is 0 Å². The van der Waals surface area contributed by atoms with Crippen molar-refractivity contribution in [3.8, 4) is 0 Å². The maximum atomic E-state index is 12.1. The molecule has 0 aliphatic carbocycles. The van der Waals surface area contributed by atoms with Crippen LogP contribution in [0.25, 0.3) is 21.8 Å². The molecule has 0 radical (unpaired) electrons. The molecular formula is C34H24MgN2O6. The van der Waals surface area contributed by atoms with Gasteiger partial charge in [0.25, 0.3) is 0 Å². The Morgan fingerprint density at radius 2 is 0.907 bits per heavy atom. The number of rotatable bonds is 6. The molecule has 0 bridgehead atoms. The monoisotopic (exact) mass is 580 g/mol. The van der Waals surface area contributed by atoms with Gasteiger partial charge in [-0.25, -0.2) is 0 Å². The van der Waals surface area contributed by atoms with E-state index >= 15 is 0 Å². The van der Waals surface area contributed by atoms with E-state index in [-0.39, 0.29) is 34.2 Å². The summed E-state index contributed by atoms with van der Waals surface area (Å²) in [6, 6.07) is 30.6. The van der Waals surface area contributed by atoms with Crippen molar-refractivity contribution in [1.82, 2.24) is 9.97 Å². The smallest absolute Gasteiger partial charge is 0.545 e. The first kappa shape index (κ1) is 31.0. The van der Waals surface area contributed by atoms with Gasteiger partial charge in [0.15, 0.2) is 10.9 Å². The molecule has 0 spiro atoms. The second-order valence-electron chi connectivity index (χ2n) is 9.72. The fraction of sp³-hybridized carbons (Fsp3) is 0.0588. The van der Waals surface area contributed by atoms with E-state index in [1.807, 2.05) is 72.8 Å². The topological polar surface area (TPSA) is 146 Å². The van der Waals surface area contributed by atoms with Gasteiger partial charge in [-0.2, -0.15) is 0 Å². The molecule has 208 valence electrons. The summed E-state index contributed by atoms with van der Waals surface area (Å²) in [6.45, 7) is 0. The van der Waals surface area contributed by atoms with Gasteiger partial charge in [-0.05, 0) is 59.4 Å². The molecule has 9 heteroatoms. The summed E-state index contributed by atoms with van der Waals surface area (Å²) in [6.07, 6.45) is 3.73. The molecule has 0 atom stereocenters. The Hall–Kier alpha value is -4.99. The standard InChI is InChI=1S/2C17H13NO3.Mg/c2*19-16-13-9-12(8-11-4-2-1-3-5-11)6-7-15(13)18-10-14(16)17(20)21;/h2*1-7,9-10H,8H2,(H,18,19)(H,20,21);/q;;+2/p-2.